The molecule has 0 radical (unpaired) electrons. The van der Waals surface area contributed by atoms with E-state index in [1.165, 1.54) is 31.0 Å². The molecule has 128 valence electrons. The fourth-order valence-corrected chi connectivity index (χ4v) is 5.67. The van der Waals surface area contributed by atoms with Crippen LogP contribution in [-0.4, -0.2) is 14.3 Å². The standard InChI is InChI=1S/C17H28FIO2S/c1-3-5-6-7-10-17(12-14(18)22-16(17)19)11-8-9-13(4-2)15(20)21/h12-13,16H,3-11H2,1-2H3,(H,20,21). The Morgan fingerprint density at radius 1 is 1.36 bits per heavy atom. The predicted octanol–water partition coefficient (Wildman–Crippen LogP) is 6.54. The third-order valence-electron chi connectivity index (χ3n) is 4.60. The Bertz CT molecular complexity index is 389. The fourth-order valence-electron chi connectivity index (χ4n) is 3.10. The number of allylic oxidation sites excluding steroid dienone is 1. The van der Waals surface area contributed by atoms with Gasteiger partial charge >= 0.3 is 5.97 Å². The molecular formula is C17H28FIO2S. The van der Waals surface area contributed by atoms with Gasteiger partial charge in [0.2, 0.25) is 0 Å². The maximum atomic E-state index is 13.7. The number of thioether (sulfide) groups is 1. The minimum Gasteiger partial charge on any atom is -0.481 e. The van der Waals surface area contributed by atoms with Gasteiger partial charge in [-0.2, -0.15) is 4.39 Å². The summed E-state index contributed by atoms with van der Waals surface area (Å²) in [4.78, 5) is 11.1. The van der Waals surface area contributed by atoms with Crippen molar-refractivity contribution >= 4 is 40.3 Å². The first-order valence-electron chi connectivity index (χ1n) is 8.37. The van der Waals surface area contributed by atoms with Crippen molar-refractivity contribution in [2.75, 3.05) is 0 Å². The number of carbonyl (C=O) groups is 1. The van der Waals surface area contributed by atoms with Gasteiger partial charge in [0.15, 0.2) is 5.16 Å². The van der Waals surface area contributed by atoms with Gasteiger partial charge in [-0.1, -0.05) is 80.3 Å². The van der Waals surface area contributed by atoms with Crippen LogP contribution in [0.5, 0.6) is 0 Å². The second kappa shape index (κ2) is 10.2. The summed E-state index contributed by atoms with van der Waals surface area (Å²) < 4.78 is 14.0. The van der Waals surface area contributed by atoms with E-state index in [9.17, 15) is 9.18 Å². The molecule has 0 aromatic heterocycles. The van der Waals surface area contributed by atoms with Crippen molar-refractivity contribution in [2.24, 2.45) is 11.3 Å². The van der Waals surface area contributed by atoms with E-state index in [0.29, 0.717) is 12.8 Å². The molecule has 0 aromatic rings. The van der Waals surface area contributed by atoms with Crippen LogP contribution in [0.15, 0.2) is 11.2 Å². The maximum absolute atomic E-state index is 13.7. The lowest BCUT2D eigenvalue weighted by atomic mass is 9.79. The first-order chi connectivity index (χ1) is 10.4. The molecule has 0 bridgehead atoms. The summed E-state index contributed by atoms with van der Waals surface area (Å²) in [6.07, 6.45) is 10.8. The van der Waals surface area contributed by atoms with Gasteiger partial charge in [-0.05, 0) is 31.8 Å². The molecule has 0 saturated carbocycles. The molecule has 0 spiro atoms. The monoisotopic (exact) mass is 442 g/mol. The summed E-state index contributed by atoms with van der Waals surface area (Å²) in [5.74, 6) is -0.958. The molecule has 3 unspecified atom stereocenters. The Kier molecular flexibility index (Phi) is 9.36. The minimum absolute atomic E-state index is 0.0554. The van der Waals surface area contributed by atoms with E-state index < -0.39 is 5.97 Å². The van der Waals surface area contributed by atoms with Crippen LogP contribution in [0.3, 0.4) is 0 Å². The van der Waals surface area contributed by atoms with Crippen LogP contribution in [0.2, 0.25) is 0 Å². The summed E-state index contributed by atoms with van der Waals surface area (Å²) >= 11 is 3.68. The van der Waals surface area contributed by atoms with Crippen LogP contribution in [0.25, 0.3) is 0 Å². The highest BCUT2D eigenvalue weighted by atomic mass is 127. The van der Waals surface area contributed by atoms with E-state index >= 15 is 0 Å². The average molecular weight is 442 g/mol. The average Bonchev–Trinajstić information content (AvgIpc) is 2.74. The lowest BCUT2D eigenvalue weighted by Gasteiger charge is -2.31. The van der Waals surface area contributed by atoms with Crippen LogP contribution >= 0.6 is 34.4 Å². The Hall–Kier alpha value is 0.220. The molecule has 5 heteroatoms. The van der Waals surface area contributed by atoms with Crippen molar-refractivity contribution in [1.29, 1.82) is 0 Å². The smallest absolute Gasteiger partial charge is 0.306 e. The van der Waals surface area contributed by atoms with Crippen molar-refractivity contribution in [2.45, 2.75) is 74.9 Å². The number of carboxylic acids is 1. The highest BCUT2D eigenvalue weighted by Gasteiger charge is 2.41. The summed E-state index contributed by atoms with van der Waals surface area (Å²) in [6.45, 7) is 4.12. The second-order valence-corrected chi connectivity index (χ2v) is 9.45. The second-order valence-electron chi connectivity index (χ2n) is 6.26. The first-order valence-corrected chi connectivity index (χ1v) is 10.5. The summed E-state index contributed by atoms with van der Waals surface area (Å²) in [5, 5.41) is 9.09. The van der Waals surface area contributed by atoms with Crippen LogP contribution in [0, 0.1) is 11.3 Å². The zero-order chi connectivity index (χ0) is 16.6. The third kappa shape index (κ3) is 6.02. The van der Waals surface area contributed by atoms with Gasteiger partial charge in [0.25, 0.3) is 0 Å². The van der Waals surface area contributed by atoms with Crippen LogP contribution < -0.4 is 0 Å². The molecule has 0 aromatic carbocycles. The molecule has 0 amide bonds. The van der Waals surface area contributed by atoms with Crippen molar-refractivity contribution in [3.8, 4) is 0 Å². The molecule has 3 atom stereocenters. The molecule has 1 N–H and O–H groups in total. The quantitative estimate of drug-likeness (QED) is 0.224. The predicted molar refractivity (Wildman–Crippen MR) is 101 cm³/mol. The van der Waals surface area contributed by atoms with E-state index in [-0.39, 0.29) is 19.7 Å². The molecule has 2 nitrogen and oxygen atoms in total. The van der Waals surface area contributed by atoms with E-state index in [1.807, 2.05) is 13.0 Å². The van der Waals surface area contributed by atoms with Gasteiger partial charge in [-0.15, -0.1) is 0 Å². The van der Waals surface area contributed by atoms with E-state index in [4.69, 9.17) is 5.11 Å². The molecule has 22 heavy (non-hydrogen) atoms. The first kappa shape index (κ1) is 20.3. The lowest BCUT2D eigenvalue weighted by Crippen LogP contribution is -2.25. The third-order valence-corrected chi connectivity index (χ3v) is 7.62. The zero-order valence-corrected chi connectivity index (χ0v) is 16.6. The molecular weight excluding hydrogens is 414 g/mol. The van der Waals surface area contributed by atoms with Crippen molar-refractivity contribution < 1.29 is 14.3 Å². The van der Waals surface area contributed by atoms with E-state index in [0.717, 1.165) is 25.7 Å². The normalized spacial score (nSPS) is 26.0. The zero-order valence-electron chi connectivity index (χ0n) is 13.6. The number of unbranched alkanes of at least 4 members (excludes halogenated alkanes) is 3. The molecule has 0 saturated heterocycles. The molecule has 0 fully saturated rings. The molecule has 1 rings (SSSR count). The molecule has 0 aliphatic carbocycles. The topological polar surface area (TPSA) is 37.3 Å². The highest BCUT2D eigenvalue weighted by molar-refractivity contribution is 14.1. The van der Waals surface area contributed by atoms with Crippen molar-refractivity contribution in [3.05, 3.63) is 11.2 Å². The minimum atomic E-state index is -0.701. The Morgan fingerprint density at radius 3 is 2.55 bits per heavy atom. The van der Waals surface area contributed by atoms with Gasteiger partial charge in [0.1, 0.15) is 0 Å². The van der Waals surface area contributed by atoms with Gasteiger partial charge in [0.05, 0.1) is 9.17 Å². The fraction of sp³-hybridized carbons (Fsp3) is 0.824. The highest BCUT2D eigenvalue weighted by Crippen LogP contribution is 2.54. The van der Waals surface area contributed by atoms with Gasteiger partial charge in [-0.25, -0.2) is 0 Å². The van der Waals surface area contributed by atoms with E-state index in [1.54, 1.807) is 0 Å². The SMILES string of the molecule is CCCCCCC1(CCCC(CC)C(=O)O)C=C(F)SC1I. The Morgan fingerprint density at radius 2 is 2.05 bits per heavy atom. The van der Waals surface area contributed by atoms with Gasteiger partial charge < -0.3 is 5.11 Å². The summed E-state index contributed by atoms with van der Waals surface area (Å²) in [7, 11) is 0. The molecule has 1 heterocycles. The number of aliphatic carboxylic acids is 1. The molecule has 1 aliphatic rings. The van der Waals surface area contributed by atoms with Gasteiger partial charge in [-0.3, -0.25) is 4.79 Å². The van der Waals surface area contributed by atoms with Crippen LogP contribution in [0.1, 0.15) is 71.6 Å². The summed E-state index contributed by atoms with van der Waals surface area (Å²) in [5.41, 5.74) is -0.0835. The van der Waals surface area contributed by atoms with Crippen molar-refractivity contribution in [1.82, 2.24) is 0 Å². The Labute approximate surface area is 151 Å². The van der Waals surface area contributed by atoms with Crippen molar-refractivity contribution in [3.63, 3.8) is 0 Å². The Balaban J connectivity index is 2.58. The van der Waals surface area contributed by atoms with Gasteiger partial charge in [0, 0.05) is 5.41 Å². The maximum Gasteiger partial charge on any atom is 0.306 e. The number of carboxylic acid groups (broad SMARTS) is 1. The van der Waals surface area contributed by atoms with Crippen LogP contribution in [0.4, 0.5) is 4.39 Å². The number of hydrogen-bond acceptors (Lipinski definition) is 2. The lowest BCUT2D eigenvalue weighted by molar-refractivity contribution is -0.142. The van der Waals surface area contributed by atoms with Crippen LogP contribution in [-0.2, 0) is 4.79 Å². The number of alkyl halides is 1. The largest absolute Gasteiger partial charge is 0.481 e. The molecule has 1 aliphatic heterocycles. The number of halogens is 2. The number of rotatable bonds is 11. The summed E-state index contributed by atoms with van der Waals surface area (Å²) in [6, 6.07) is 0. The number of hydrogen-bond donors (Lipinski definition) is 1. The van der Waals surface area contributed by atoms with E-state index in [2.05, 4.69) is 29.5 Å².